The van der Waals surface area contributed by atoms with Crippen molar-refractivity contribution in [2.24, 2.45) is 11.7 Å². The van der Waals surface area contributed by atoms with E-state index in [1.807, 2.05) is 11.8 Å². The van der Waals surface area contributed by atoms with Crippen LogP contribution in [0.25, 0.3) is 0 Å². The SMILES string of the molecule is COc1cc(Cl)c(C)cc1NC(=O)CN(CCC1CCCCC1)CC(N)=O. The number of primary amides is 1. The van der Waals surface area contributed by atoms with Crippen LogP contribution in [0.1, 0.15) is 44.1 Å². The van der Waals surface area contributed by atoms with E-state index >= 15 is 0 Å². The van der Waals surface area contributed by atoms with Crippen LogP contribution in [0.4, 0.5) is 5.69 Å². The van der Waals surface area contributed by atoms with Gasteiger partial charge in [-0.25, -0.2) is 0 Å². The summed E-state index contributed by atoms with van der Waals surface area (Å²) in [6, 6.07) is 3.45. The van der Waals surface area contributed by atoms with Crippen molar-refractivity contribution in [3.8, 4) is 5.75 Å². The smallest absolute Gasteiger partial charge is 0.238 e. The summed E-state index contributed by atoms with van der Waals surface area (Å²) in [4.78, 5) is 25.7. The summed E-state index contributed by atoms with van der Waals surface area (Å²) in [5.41, 5.74) is 6.78. The summed E-state index contributed by atoms with van der Waals surface area (Å²) in [6.45, 7) is 2.75. The second-order valence-electron chi connectivity index (χ2n) is 7.32. The molecule has 7 heteroatoms. The predicted molar refractivity (Wildman–Crippen MR) is 108 cm³/mol. The number of carbonyl (C=O) groups excluding carboxylic acids is 2. The third-order valence-electron chi connectivity index (χ3n) is 5.08. The van der Waals surface area contributed by atoms with Crippen LogP contribution in [0.15, 0.2) is 12.1 Å². The Hall–Kier alpha value is -1.79. The molecule has 6 nitrogen and oxygen atoms in total. The molecule has 0 spiro atoms. The number of nitrogens with two attached hydrogens (primary N) is 1. The Kier molecular flexibility index (Phi) is 8.38. The zero-order valence-corrected chi connectivity index (χ0v) is 17.0. The summed E-state index contributed by atoms with van der Waals surface area (Å²) in [5, 5.41) is 3.43. The molecule has 3 N–H and O–H groups in total. The van der Waals surface area contributed by atoms with Crippen LogP contribution in [0.3, 0.4) is 0 Å². The van der Waals surface area contributed by atoms with Crippen LogP contribution in [0, 0.1) is 12.8 Å². The Labute approximate surface area is 166 Å². The molecule has 2 amide bonds. The molecular weight excluding hydrogens is 366 g/mol. The number of hydrogen-bond donors (Lipinski definition) is 2. The Bertz CT molecular complexity index is 660. The molecule has 1 saturated carbocycles. The van der Waals surface area contributed by atoms with E-state index in [2.05, 4.69) is 5.32 Å². The molecule has 0 aromatic heterocycles. The molecule has 1 aliphatic rings. The third-order valence-corrected chi connectivity index (χ3v) is 5.49. The topological polar surface area (TPSA) is 84.7 Å². The fourth-order valence-corrected chi connectivity index (χ4v) is 3.75. The number of anilines is 1. The molecule has 1 aliphatic carbocycles. The van der Waals surface area contributed by atoms with E-state index in [0.29, 0.717) is 28.9 Å². The molecule has 0 saturated heterocycles. The minimum Gasteiger partial charge on any atom is -0.495 e. The maximum absolute atomic E-state index is 12.5. The van der Waals surface area contributed by atoms with Crippen molar-refractivity contribution >= 4 is 29.1 Å². The van der Waals surface area contributed by atoms with Gasteiger partial charge in [-0.3, -0.25) is 14.5 Å². The van der Waals surface area contributed by atoms with Crippen LogP contribution in [0.5, 0.6) is 5.75 Å². The Morgan fingerprint density at radius 1 is 1.26 bits per heavy atom. The van der Waals surface area contributed by atoms with Crippen molar-refractivity contribution in [1.82, 2.24) is 4.90 Å². The molecule has 150 valence electrons. The van der Waals surface area contributed by atoms with Gasteiger partial charge in [-0.15, -0.1) is 0 Å². The third kappa shape index (κ3) is 7.03. The first-order chi connectivity index (χ1) is 12.9. The summed E-state index contributed by atoms with van der Waals surface area (Å²) in [7, 11) is 1.53. The number of nitrogens with one attached hydrogen (secondary N) is 1. The first kappa shape index (κ1) is 21.5. The van der Waals surface area contributed by atoms with Gasteiger partial charge in [0.1, 0.15) is 5.75 Å². The van der Waals surface area contributed by atoms with Crippen LogP contribution >= 0.6 is 11.6 Å². The van der Waals surface area contributed by atoms with E-state index in [-0.39, 0.29) is 19.0 Å². The van der Waals surface area contributed by atoms with Crippen LogP contribution in [0.2, 0.25) is 5.02 Å². The fourth-order valence-electron chi connectivity index (χ4n) is 3.60. The molecule has 0 atom stereocenters. The van der Waals surface area contributed by atoms with Gasteiger partial charge in [0.05, 0.1) is 25.9 Å². The number of methoxy groups -OCH3 is 1. The van der Waals surface area contributed by atoms with Crippen LogP contribution in [-0.4, -0.2) is 43.5 Å². The summed E-state index contributed by atoms with van der Waals surface area (Å²) in [6.07, 6.45) is 7.32. The first-order valence-corrected chi connectivity index (χ1v) is 9.91. The van der Waals surface area contributed by atoms with Crippen LogP contribution < -0.4 is 15.8 Å². The van der Waals surface area contributed by atoms with E-state index < -0.39 is 5.91 Å². The van der Waals surface area contributed by atoms with Crippen molar-refractivity contribution < 1.29 is 14.3 Å². The van der Waals surface area contributed by atoms with Gasteiger partial charge in [-0.1, -0.05) is 43.7 Å². The van der Waals surface area contributed by atoms with Gasteiger partial charge in [0.2, 0.25) is 11.8 Å². The molecule has 1 aromatic carbocycles. The van der Waals surface area contributed by atoms with E-state index in [9.17, 15) is 9.59 Å². The number of hydrogen-bond acceptors (Lipinski definition) is 4. The monoisotopic (exact) mass is 395 g/mol. The lowest BCUT2D eigenvalue weighted by atomic mass is 9.87. The standard InChI is InChI=1S/C20H30ClN3O3/c1-14-10-17(18(27-2)11-16(14)21)23-20(26)13-24(12-19(22)25)9-8-15-6-4-3-5-7-15/h10-11,15H,3-9,12-13H2,1-2H3,(H2,22,25)(H,23,26). The highest BCUT2D eigenvalue weighted by Crippen LogP contribution is 2.31. The Balaban J connectivity index is 1.96. The van der Waals surface area contributed by atoms with Crippen molar-refractivity contribution in [3.63, 3.8) is 0 Å². The molecule has 0 aliphatic heterocycles. The molecule has 0 unspecified atom stereocenters. The average Bonchev–Trinajstić information content (AvgIpc) is 2.63. The predicted octanol–water partition coefficient (Wildman–Crippen LogP) is 3.35. The van der Waals surface area contributed by atoms with Crippen molar-refractivity contribution in [1.29, 1.82) is 0 Å². The minimum atomic E-state index is -0.425. The normalized spacial score (nSPS) is 15.0. The van der Waals surface area contributed by atoms with Crippen molar-refractivity contribution in [3.05, 3.63) is 22.7 Å². The number of nitrogens with zero attached hydrogens (tertiary/aromatic N) is 1. The summed E-state index contributed by atoms with van der Waals surface area (Å²) >= 11 is 6.11. The molecule has 1 aromatic rings. The summed E-state index contributed by atoms with van der Waals surface area (Å²) < 4.78 is 5.29. The number of benzene rings is 1. The average molecular weight is 396 g/mol. The molecule has 0 radical (unpaired) electrons. The summed E-state index contributed by atoms with van der Waals surface area (Å²) in [5.74, 6) is 0.546. The maximum atomic E-state index is 12.5. The number of amides is 2. The van der Waals surface area contributed by atoms with Gasteiger partial charge >= 0.3 is 0 Å². The number of rotatable bonds is 9. The number of aryl methyl sites for hydroxylation is 1. The quantitative estimate of drug-likeness (QED) is 0.671. The van der Waals surface area contributed by atoms with Crippen molar-refractivity contribution in [2.45, 2.75) is 45.4 Å². The van der Waals surface area contributed by atoms with E-state index in [4.69, 9.17) is 22.1 Å². The zero-order chi connectivity index (χ0) is 19.8. The molecular formula is C20H30ClN3O3. The highest BCUT2D eigenvalue weighted by molar-refractivity contribution is 6.31. The van der Waals surface area contributed by atoms with Gasteiger partial charge in [-0.2, -0.15) is 0 Å². The van der Waals surface area contributed by atoms with Gasteiger partial charge in [0, 0.05) is 11.1 Å². The van der Waals surface area contributed by atoms with Gasteiger partial charge < -0.3 is 15.8 Å². The van der Waals surface area contributed by atoms with Crippen LogP contribution in [-0.2, 0) is 9.59 Å². The highest BCUT2D eigenvalue weighted by atomic mass is 35.5. The lowest BCUT2D eigenvalue weighted by molar-refractivity contribution is -0.121. The number of ether oxygens (including phenoxy) is 1. The number of halogens is 1. The lowest BCUT2D eigenvalue weighted by Crippen LogP contribution is -2.40. The van der Waals surface area contributed by atoms with Gasteiger partial charge in [0.15, 0.2) is 0 Å². The Morgan fingerprint density at radius 3 is 2.59 bits per heavy atom. The van der Waals surface area contributed by atoms with E-state index in [1.54, 1.807) is 12.1 Å². The highest BCUT2D eigenvalue weighted by Gasteiger charge is 2.19. The largest absolute Gasteiger partial charge is 0.495 e. The van der Waals surface area contributed by atoms with Gasteiger partial charge in [0.25, 0.3) is 0 Å². The lowest BCUT2D eigenvalue weighted by Gasteiger charge is -2.26. The minimum absolute atomic E-state index is 0.0803. The molecule has 0 heterocycles. The second kappa shape index (κ2) is 10.5. The fraction of sp³-hybridized carbons (Fsp3) is 0.600. The van der Waals surface area contributed by atoms with Crippen molar-refractivity contribution in [2.75, 3.05) is 32.1 Å². The molecule has 2 rings (SSSR count). The van der Waals surface area contributed by atoms with Gasteiger partial charge in [-0.05, 0) is 37.4 Å². The molecule has 27 heavy (non-hydrogen) atoms. The molecule has 0 bridgehead atoms. The Morgan fingerprint density at radius 2 is 1.96 bits per heavy atom. The molecule has 1 fully saturated rings. The van der Waals surface area contributed by atoms with E-state index in [1.165, 1.54) is 39.2 Å². The zero-order valence-electron chi connectivity index (χ0n) is 16.2. The maximum Gasteiger partial charge on any atom is 0.238 e. The van der Waals surface area contributed by atoms with E-state index in [0.717, 1.165) is 12.0 Å². The number of carbonyl (C=O) groups is 2. The first-order valence-electron chi connectivity index (χ1n) is 9.53. The second-order valence-corrected chi connectivity index (χ2v) is 7.73.